The molecule has 0 aliphatic carbocycles. The van der Waals surface area contributed by atoms with Gasteiger partial charge >= 0.3 is 5.97 Å². The fraction of sp³-hybridized carbons (Fsp3) is 0.318. The van der Waals surface area contributed by atoms with E-state index in [4.69, 9.17) is 4.74 Å². The molecule has 25 heavy (non-hydrogen) atoms. The van der Waals surface area contributed by atoms with Crippen molar-refractivity contribution >= 4 is 5.97 Å². The Morgan fingerprint density at radius 3 is 2.04 bits per heavy atom. The zero-order valence-corrected chi connectivity index (χ0v) is 14.4. The van der Waals surface area contributed by atoms with E-state index in [0.29, 0.717) is 0 Å². The van der Waals surface area contributed by atoms with Gasteiger partial charge in [-0.15, -0.1) is 0 Å². The lowest BCUT2D eigenvalue weighted by Gasteiger charge is -2.16. The van der Waals surface area contributed by atoms with Crippen LogP contribution >= 0.6 is 0 Å². The van der Waals surface area contributed by atoms with Gasteiger partial charge in [-0.05, 0) is 37.1 Å². The molecule has 2 aromatic carbocycles. The van der Waals surface area contributed by atoms with Crippen LogP contribution in [0.15, 0.2) is 60.7 Å². The Balaban J connectivity index is 1.63. The van der Waals surface area contributed by atoms with Gasteiger partial charge in [0.05, 0.1) is 6.54 Å². The Labute approximate surface area is 149 Å². The van der Waals surface area contributed by atoms with Crippen LogP contribution in [0.3, 0.4) is 0 Å². The van der Waals surface area contributed by atoms with E-state index in [9.17, 15) is 4.79 Å². The van der Waals surface area contributed by atoms with Crippen LogP contribution in [0.5, 0.6) is 0 Å². The van der Waals surface area contributed by atoms with Crippen LogP contribution in [-0.4, -0.2) is 37.1 Å². The minimum atomic E-state index is -0.414. The first-order valence-corrected chi connectivity index (χ1v) is 8.79. The number of rotatable bonds is 5. The van der Waals surface area contributed by atoms with Crippen molar-refractivity contribution in [3.63, 3.8) is 0 Å². The van der Waals surface area contributed by atoms with E-state index >= 15 is 0 Å². The van der Waals surface area contributed by atoms with Crippen molar-refractivity contribution in [2.45, 2.75) is 18.8 Å². The zero-order chi connectivity index (χ0) is 17.3. The summed E-state index contributed by atoms with van der Waals surface area (Å²) in [6.45, 7) is 3.15. The Kier molecular flexibility index (Phi) is 6.25. The smallest absolute Gasteiger partial charge is 0.318 e. The number of carbonyl (C=O) groups excluding carboxylic acids is 1. The predicted octanol–water partition coefficient (Wildman–Crippen LogP) is 3.46. The molecule has 0 spiro atoms. The second-order valence-corrected chi connectivity index (χ2v) is 6.20. The van der Waals surface area contributed by atoms with Crippen molar-refractivity contribution < 1.29 is 9.53 Å². The molecule has 0 amide bonds. The standard InChI is InChI=1S/C22H23NO2/c24-22(25-18-10-9-17-23-15-7-8-16-23)21(19-11-3-1-4-12-19)20-13-5-2-6-14-20/h1-6,11-14,21H,7-8,15-18H2. The fourth-order valence-electron chi connectivity index (χ4n) is 3.11. The van der Waals surface area contributed by atoms with E-state index < -0.39 is 5.92 Å². The normalized spacial score (nSPS) is 14.1. The van der Waals surface area contributed by atoms with Gasteiger partial charge in [-0.25, -0.2) is 0 Å². The van der Waals surface area contributed by atoms with Crippen LogP contribution in [0.25, 0.3) is 0 Å². The molecule has 3 rings (SSSR count). The van der Waals surface area contributed by atoms with Crippen molar-refractivity contribution in [2.24, 2.45) is 0 Å². The summed E-state index contributed by atoms with van der Waals surface area (Å²) in [5, 5.41) is 0. The highest BCUT2D eigenvalue weighted by Crippen LogP contribution is 2.25. The molecule has 0 unspecified atom stereocenters. The summed E-state index contributed by atoms with van der Waals surface area (Å²) in [7, 11) is 0. The summed E-state index contributed by atoms with van der Waals surface area (Å²) in [5.74, 6) is 5.40. The molecule has 1 aliphatic rings. The van der Waals surface area contributed by atoms with Gasteiger partial charge in [0.25, 0.3) is 0 Å². The first-order chi connectivity index (χ1) is 12.3. The highest BCUT2D eigenvalue weighted by Gasteiger charge is 2.23. The molecule has 1 fully saturated rings. The van der Waals surface area contributed by atoms with Crippen molar-refractivity contribution in [1.29, 1.82) is 0 Å². The van der Waals surface area contributed by atoms with Crippen molar-refractivity contribution in [1.82, 2.24) is 4.90 Å². The number of hydrogen-bond acceptors (Lipinski definition) is 3. The van der Waals surface area contributed by atoms with E-state index in [-0.39, 0.29) is 12.6 Å². The number of carbonyl (C=O) groups is 1. The maximum absolute atomic E-state index is 12.7. The van der Waals surface area contributed by atoms with Crippen LogP contribution in [0.2, 0.25) is 0 Å². The van der Waals surface area contributed by atoms with E-state index in [0.717, 1.165) is 30.8 Å². The van der Waals surface area contributed by atoms with Crippen LogP contribution in [0.1, 0.15) is 29.9 Å². The van der Waals surface area contributed by atoms with Crippen LogP contribution in [0.4, 0.5) is 0 Å². The maximum atomic E-state index is 12.7. The Morgan fingerprint density at radius 2 is 1.48 bits per heavy atom. The second-order valence-electron chi connectivity index (χ2n) is 6.20. The summed E-state index contributed by atoms with van der Waals surface area (Å²) in [4.78, 5) is 15.0. The van der Waals surface area contributed by atoms with Crippen LogP contribution in [-0.2, 0) is 9.53 Å². The summed E-state index contributed by atoms with van der Waals surface area (Å²) < 4.78 is 5.45. The molecule has 0 aromatic heterocycles. The number of esters is 1. The maximum Gasteiger partial charge on any atom is 0.318 e. The van der Waals surface area contributed by atoms with Crippen LogP contribution in [0, 0.1) is 11.8 Å². The molecule has 0 radical (unpaired) electrons. The molecule has 1 saturated heterocycles. The largest absolute Gasteiger partial charge is 0.452 e. The summed E-state index contributed by atoms with van der Waals surface area (Å²) in [5.41, 5.74) is 1.87. The minimum absolute atomic E-state index is 0.142. The third-order valence-electron chi connectivity index (χ3n) is 4.41. The first-order valence-electron chi connectivity index (χ1n) is 8.79. The van der Waals surface area contributed by atoms with Gasteiger partial charge in [-0.2, -0.15) is 0 Å². The third-order valence-corrected chi connectivity index (χ3v) is 4.41. The molecule has 0 bridgehead atoms. The number of nitrogens with zero attached hydrogens (tertiary/aromatic N) is 1. The topological polar surface area (TPSA) is 29.5 Å². The van der Waals surface area contributed by atoms with Gasteiger partial charge in [-0.3, -0.25) is 9.69 Å². The van der Waals surface area contributed by atoms with Gasteiger partial charge in [0.1, 0.15) is 5.92 Å². The monoisotopic (exact) mass is 333 g/mol. The van der Waals surface area contributed by atoms with Crippen molar-refractivity contribution in [3.8, 4) is 11.8 Å². The van der Waals surface area contributed by atoms with Crippen LogP contribution < -0.4 is 0 Å². The van der Waals surface area contributed by atoms with Gasteiger partial charge in [0.15, 0.2) is 6.61 Å². The molecule has 1 aliphatic heterocycles. The molecule has 0 saturated carbocycles. The number of ether oxygens (including phenoxy) is 1. The molecule has 3 heteroatoms. The quantitative estimate of drug-likeness (QED) is 0.620. The summed E-state index contributed by atoms with van der Waals surface area (Å²) in [6.07, 6.45) is 2.51. The number of likely N-dealkylation sites (tertiary alicyclic amines) is 1. The summed E-state index contributed by atoms with van der Waals surface area (Å²) in [6, 6.07) is 19.5. The van der Waals surface area contributed by atoms with Crippen molar-refractivity contribution in [2.75, 3.05) is 26.2 Å². The molecule has 1 heterocycles. The van der Waals surface area contributed by atoms with E-state index in [2.05, 4.69) is 16.7 Å². The Hall–Kier alpha value is -2.57. The Bertz CT molecular complexity index is 685. The molecule has 128 valence electrons. The van der Waals surface area contributed by atoms with Gasteiger partial charge < -0.3 is 4.74 Å². The first kappa shape index (κ1) is 17.3. The molecule has 2 aromatic rings. The minimum Gasteiger partial charge on any atom is -0.452 e. The van der Waals surface area contributed by atoms with Gasteiger partial charge in [0.2, 0.25) is 0 Å². The van der Waals surface area contributed by atoms with Gasteiger partial charge in [0, 0.05) is 0 Å². The lowest BCUT2D eigenvalue weighted by molar-refractivity contribution is -0.142. The highest BCUT2D eigenvalue weighted by molar-refractivity contribution is 5.82. The molecule has 0 N–H and O–H groups in total. The molecule has 3 nitrogen and oxygen atoms in total. The summed E-state index contributed by atoms with van der Waals surface area (Å²) >= 11 is 0. The lowest BCUT2D eigenvalue weighted by atomic mass is 9.91. The number of benzene rings is 2. The Morgan fingerprint density at radius 1 is 0.920 bits per heavy atom. The molecular weight excluding hydrogens is 310 g/mol. The highest BCUT2D eigenvalue weighted by atomic mass is 16.5. The average Bonchev–Trinajstić information content (AvgIpc) is 3.17. The van der Waals surface area contributed by atoms with Crippen molar-refractivity contribution in [3.05, 3.63) is 71.8 Å². The van der Waals surface area contributed by atoms with E-state index in [1.807, 2.05) is 60.7 Å². The molecular formula is C22H23NO2. The predicted molar refractivity (Wildman–Crippen MR) is 99.1 cm³/mol. The van der Waals surface area contributed by atoms with Gasteiger partial charge in [-0.1, -0.05) is 72.5 Å². The second kappa shape index (κ2) is 9.05. The van der Waals surface area contributed by atoms with E-state index in [1.165, 1.54) is 12.8 Å². The SMILES string of the molecule is O=C(OCC#CCN1CCCC1)C(c1ccccc1)c1ccccc1. The zero-order valence-electron chi connectivity index (χ0n) is 14.4. The van der Waals surface area contributed by atoms with E-state index in [1.54, 1.807) is 0 Å². The number of hydrogen-bond donors (Lipinski definition) is 0. The fourth-order valence-corrected chi connectivity index (χ4v) is 3.11. The average molecular weight is 333 g/mol. The lowest BCUT2D eigenvalue weighted by Crippen LogP contribution is -2.19. The molecule has 0 atom stereocenters. The third kappa shape index (κ3) is 4.95.